The van der Waals surface area contributed by atoms with Crippen LogP contribution in [-0.2, 0) is 23.7 Å². The van der Waals surface area contributed by atoms with Crippen molar-refractivity contribution < 1.29 is 52.7 Å². The van der Waals surface area contributed by atoms with Gasteiger partial charge in [0.25, 0.3) is 0 Å². The number of carboxylic acid groups (broad SMARTS) is 1. The van der Waals surface area contributed by atoms with E-state index < -0.39 is 53.5 Å². The number of hydrogen-bond acceptors (Lipinski definition) is 11. The minimum Gasteiger partial charge on any atom is -0.480 e. The van der Waals surface area contributed by atoms with Gasteiger partial charge in [0.05, 0.1) is 13.2 Å². The molecule has 0 aliphatic carbocycles. The minimum atomic E-state index is -1.42. The zero-order valence-electron chi connectivity index (χ0n) is 23.9. The molecule has 3 N–H and O–H groups in total. The third kappa shape index (κ3) is 11.0. The van der Waals surface area contributed by atoms with Gasteiger partial charge in [0.1, 0.15) is 17.2 Å². The first-order chi connectivity index (χ1) is 18.1. The summed E-state index contributed by atoms with van der Waals surface area (Å²) in [7, 11) is 0. The second-order valence-electron chi connectivity index (χ2n) is 10.2. The number of carboxylic acids is 1. The van der Waals surface area contributed by atoms with Crippen LogP contribution in [0.25, 0.3) is 0 Å². The van der Waals surface area contributed by atoms with Crippen LogP contribution in [0.2, 0.25) is 0 Å². The van der Waals surface area contributed by atoms with E-state index >= 15 is 0 Å². The summed E-state index contributed by atoms with van der Waals surface area (Å²) in [6.45, 7) is 13.6. The van der Waals surface area contributed by atoms with Crippen LogP contribution in [-0.4, -0.2) is 60.0 Å². The monoisotopic (exact) mass is 555 g/mol. The normalized spacial score (nSPS) is 13.9. The van der Waals surface area contributed by atoms with Gasteiger partial charge in [-0.15, -0.1) is 0 Å². The maximum Gasteiger partial charge on any atom is 0.514 e. The highest BCUT2D eigenvalue weighted by atomic mass is 16.8. The highest BCUT2D eigenvalue weighted by Crippen LogP contribution is 2.36. The molecule has 0 radical (unpaired) electrons. The smallest absolute Gasteiger partial charge is 0.480 e. The first-order valence-electron chi connectivity index (χ1n) is 12.8. The van der Waals surface area contributed by atoms with Crippen LogP contribution in [0.5, 0.6) is 11.5 Å². The molecule has 3 atom stereocenters. The first-order valence-corrected chi connectivity index (χ1v) is 12.8. The van der Waals surface area contributed by atoms with E-state index in [0.29, 0.717) is 18.4 Å². The standard InChI is InChI=1S/C27H41NO11/c1-9-26(5,6)38-24(32)36-18-13-12-17(14-19(18)37-25(33)39-27(7,8)10-2)20(21(28)22(29)30)16(4)15-35-23(31)34-11-3/h12-14,16,20-21H,9-11,15,28H2,1-8H3,(H,29,30)/t16?,20?,21-/m0/s1. The zero-order valence-corrected chi connectivity index (χ0v) is 23.9. The average Bonchev–Trinajstić information content (AvgIpc) is 2.83. The molecule has 1 aromatic carbocycles. The van der Waals surface area contributed by atoms with E-state index in [-0.39, 0.29) is 24.7 Å². The third-order valence-corrected chi connectivity index (χ3v) is 6.17. The number of benzene rings is 1. The molecular weight excluding hydrogens is 514 g/mol. The highest BCUT2D eigenvalue weighted by molar-refractivity contribution is 5.75. The summed E-state index contributed by atoms with van der Waals surface area (Å²) < 4.78 is 31.2. The van der Waals surface area contributed by atoms with E-state index in [1.165, 1.54) is 18.2 Å². The second kappa shape index (κ2) is 14.6. The fraction of sp³-hybridized carbons (Fsp3) is 0.630. The molecule has 0 fully saturated rings. The average molecular weight is 556 g/mol. The SMILES string of the molecule is CCOC(=O)OCC(C)C(c1ccc(OC(=O)OC(C)(C)CC)c(OC(=O)OC(C)(C)CC)c1)[C@H](N)C(=O)O. The summed E-state index contributed by atoms with van der Waals surface area (Å²) in [6, 6.07) is 2.69. The molecule has 0 aromatic heterocycles. The van der Waals surface area contributed by atoms with Crippen LogP contribution in [0.3, 0.4) is 0 Å². The zero-order chi connectivity index (χ0) is 30.0. The van der Waals surface area contributed by atoms with Crippen molar-refractivity contribution in [2.45, 2.75) is 91.4 Å². The van der Waals surface area contributed by atoms with Gasteiger partial charge >= 0.3 is 24.4 Å². The molecule has 220 valence electrons. The Labute approximate surface area is 229 Å². The van der Waals surface area contributed by atoms with Crippen LogP contribution < -0.4 is 15.2 Å². The van der Waals surface area contributed by atoms with Crippen molar-refractivity contribution in [2.24, 2.45) is 11.7 Å². The van der Waals surface area contributed by atoms with E-state index in [1.807, 2.05) is 13.8 Å². The Morgan fingerprint density at radius 1 is 0.846 bits per heavy atom. The van der Waals surface area contributed by atoms with Crippen LogP contribution >= 0.6 is 0 Å². The number of rotatable bonds is 13. The van der Waals surface area contributed by atoms with Crippen LogP contribution in [0.15, 0.2) is 18.2 Å². The number of hydrogen-bond donors (Lipinski definition) is 2. The maximum absolute atomic E-state index is 12.6. The second-order valence-corrected chi connectivity index (χ2v) is 10.2. The topological polar surface area (TPSA) is 170 Å². The predicted octanol–water partition coefficient (Wildman–Crippen LogP) is 5.40. The van der Waals surface area contributed by atoms with Gasteiger partial charge < -0.3 is 39.3 Å². The van der Waals surface area contributed by atoms with Crippen LogP contribution in [0.4, 0.5) is 14.4 Å². The van der Waals surface area contributed by atoms with Crippen molar-refractivity contribution >= 4 is 24.4 Å². The molecule has 0 saturated carbocycles. The van der Waals surface area contributed by atoms with Gasteiger partial charge in [0, 0.05) is 5.92 Å². The molecule has 0 amide bonds. The molecule has 1 aromatic rings. The lowest BCUT2D eigenvalue weighted by Gasteiger charge is -2.28. The van der Waals surface area contributed by atoms with E-state index in [1.54, 1.807) is 41.5 Å². The summed E-state index contributed by atoms with van der Waals surface area (Å²) >= 11 is 0. The molecule has 1 rings (SSSR count). The quantitative estimate of drug-likeness (QED) is 0.181. The highest BCUT2D eigenvalue weighted by Gasteiger charge is 2.33. The molecule has 12 heteroatoms. The van der Waals surface area contributed by atoms with E-state index in [4.69, 9.17) is 34.2 Å². The van der Waals surface area contributed by atoms with Crippen LogP contribution in [0, 0.1) is 5.92 Å². The molecule has 0 aliphatic rings. The third-order valence-electron chi connectivity index (χ3n) is 6.17. The lowest BCUT2D eigenvalue weighted by Crippen LogP contribution is -2.40. The van der Waals surface area contributed by atoms with Crippen molar-refractivity contribution in [1.29, 1.82) is 0 Å². The van der Waals surface area contributed by atoms with Gasteiger partial charge in [0.15, 0.2) is 11.5 Å². The Kier molecular flexibility index (Phi) is 12.5. The van der Waals surface area contributed by atoms with Crippen LogP contribution in [0.1, 0.15) is 79.7 Å². The van der Waals surface area contributed by atoms with Crippen molar-refractivity contribution in [1.82, 2.24) is 0 Å². The summed E-state index contributed by atoms with van der Waals surface area (Å²) in [5, 5.41) is 9.65. The lowest BCUT2D eigenvalue weighted by atomic mass is 9.82. The number of ether oxygens (including phenoxy) is 6. The number of aliphatic carboxylic acids is 1. The van der Waals surface area contributed by atoms with Gasteiger partial charge in [-0.25, -0.2) is 14.4 Å². The van der Waals surface area contributed by atoms with E-state index in [0.717, 1.165) is 0 Å². The van der Waals surface area contributed by atoms with Gasteiger partial charge in [0.2, 0.25) is 0 Å². The molecular formula is C27H41NO11. The van der Waals surface area contributed by atoms with Crippen molar-refractivity contribution in [3.8, 4) is 11.5 Å². The van der Waals surface area contributed by atoms with Gasteiger partial charge in [-0.05, 0) is 71.1 Å². The largest absolute Gasteiger partial charge is 0.514 e. The van der Waals surface area contributed by atoms with Crippen molar-refractivity contribution in [3.63, 3.8) is 0 Å². The Morgan fingerprint density at radius 2 is 1.36 bits per heavy atom. The summed E-state index contributed by atoms with van der Waals surface area (Å²) in [6.07, 6.45) is -1.99. The van der Waals surface area contributed by atoms with Gasteiger partial charge in [-0.3, -0.25) is 4.79 Å². The summed E-state index contributed by atoms with van der Waals surface area (Å²) in [5.74, 6) is -3.22. The Balaban J connectivity index is 3.44. The fourth-order valence-corrected chi connectivity index (χ4v) is 3.22. The predicted molar refractivity (Wildman–Crippen MR) is 140 cm³/mol. The van der Waals surface area contributed by atoms with Gasteiger partial charge in [-0.1, -0.05) is 26.8 Å². The Morgan fingerprint density at radius 3 is 1.82 bits per heavy atom. The summed E-state index contributed by atoms with van der Waals surface area (Å²) in [4.78, 5) is 48.5. The Hall–Kier alpha value is -3.54. The molecule has 0 aliphatic heterocycles. The fourth-order valence-electron chi connectivity index (χ4n) is 3.22. The maximum atomic E-state index is 12.6. The minimum absolute atomic E-state index is 0.107. The molecule has 0 spiro atoms. The van der Waals surface area contributed by atoms with E-state index in [2.05, 4.69) is 0 Å². The van der Waals surface area contributed by atoms with Crippen molar-refractivity contribution in [2.75, 3.05) is 13.2 Å². The van der Waals surface area contributed by atoms with E-state index in [9.17, 15) is 24.3 Å². The first kappa shape index (κ1) is 33.5. The molecule has 39 heavy (non-hydrogen) atoms. The Bertz CT molecular complexity index is 1010. The summed E-state index contributed by atoms with van der Waals surface area (Å²) in [5.41, 5.74) is 4.67. The molecule has 2 unspecified atom stereocenters. The van der Waals surface area contributed by atoms with Gasteiger partial charge in [-0.2, -0.15) is 0 Å². The lowest BCUT2D eigenvalue weighted by molar-refractivity contribution is -0.139. The number of nitrogens with two attached hydrogens (primary N) is 1. The molecule has 12 nitrogen and oxygen atoms in total. The number of carbonyl (C=O) groups excluding carboxylic acids is 3. The molecule has 0 saturated heterocycles. The molecule has 0 heterocycles. The van der Waals surface area contributed by atoms with Crippen molar-refractivity contribution in [3.05, 3.63) is 23.8 Å². The molecule has 0 bridgehead atoms. The number of carbonyl (C=O) groups is 4.